The average Bonchev–Trinajstić information content (AvgIpc) is 3.23. The van der Waals surface area contributed by atoms with Gasteiger partial charge < -0.3 is 19.8 Å². The Hall–Kier alpha value is -2.65. The number of fused-ring (bicyclic) bond motifs is 1. The molecule has 0 bridgehead atoms. The van der Waals surface area contributed by atoms with Gasteiger partial charge in [0, 0.05) is 38.1 Å². The molecule has 3 heterocycles. The normalized spacial score (nSPS) is 15.5. The van der Waals surface area contributed by atoms with Gasteiger partial charge in [-0.25, -0.2) is 0 Å². The fourth-order valence-corrected chi connectivity index (χ4v) is 3.96. The summed E-state index contributed by atoms with van der Waals surface area (Å²) in [6, 6.07) is 8.07. The van der Waals surface area contributed by atoms with Crippen LogP contribution in [0.4, 0.5) is 11.6 Å². The molecule has 1 fully saturated rings. The maximum atomic E-state index is 11.5. The number of rotatable bonds is 5. The van der Waals surface area contributed by atoms with E-state index in [1.807, 2.05) is 22.4 Å². The maximum Gasteiger partial charge on any atom is 0.373 e. The Labute approximate surface area is 154 Å². The van der Waals surface area contributed by atoms with Gasteiger partial charge in [-0.3, -0.25) is 4.90 Å². The van der Waals surface area contributed by atoms with Crippen LogP contribution in [0.25, 0.3) is 4.96 Å². The molecule has 8 nitrogen and oxygen atoms in total. The molecule has 0 amide bonds. The van der Waals surface area contributed by atoms with Crippen molar-refractivity contribution in [1.29, 1.82) is 0 Å². The van der Waals surface area contributed by atoms with Crippen LogP contribution in [-0.2, 0) is 6.54 Å². The minimum absolute atomic E-state index is 0.0601. The Kier molecular flexibility index (Phi) is 4.48. The van der Waals surface area contributed by atoms with Crippen molar-refractivity contribution in [1.82, 2.24) is 14.3 Å². The van der Waals surface area contributed by atoms with Crippen molar-refractivity contribution in [3.63, 3.8) is 0 Å². The first-order valence-corrected chi connectivity index (χ1v) is 9.24. The van der Waals surface area contributed by atoms with Gasteiger partial charge in [0.15, 0.2) is 0 Å². The van der Waals surface area contributed by atoms with Gasteiger partial charge in [-0.2, -0.15) is 9.38 Å². The van der Waals surface area contributed by atoms with E-state index in [9.17, 15) is 10.1 Å². The Morgan fingerprint density at radius 1 is 1.23 bits per heavy atom. The van der Waals surface area contributed by atoms with Crippen molar-refractivity contribution in [3.8, 4) is 5.75 Å². The molecule has 0 unspecified atom stereocenters. The van der Waals surface area contributed by atoms with Crippen LogP contribution in [0.2, 0.25) is 0 Å². The van der Waals surface area contributed by atoms with E-state index >= 15 is 0 Å². The third-order valence-corrected chi connectivity index (χ3v) is 5.39. The Morgan fingerprint density at radius 2 is 1.96 bits per heavy atom. The van der Waals surface area contributed by atoms with Crippen molar-refractivity contribution >= 4 is 27.9 Å². The zero-order chi connectivity index (χ0) is 18.1. The second-order valence-electron chi connectivity index (χ2n) is 6.18. The number of thiazole rings is 1. The van der Waals surface area contributed by atoms with Crippen molar-refractivity contribution in [3.05, 3.63) is 51.5 Å². The minimum Gasteiger partial charge on any atom is -0.497 e. The van der Waals surface area contributed by atoms with E-state index in [2.05, 4.69) is 22.0 Å². The topological polar surface area (TPSA) is 76.2 Å². The lowest BCUT2D eigenvalue weighted by Gasteiger charge is -2.34. The highest BCUT2D eigenvalue weighted by Crippen LogP contribution is 2.31. The van der Waals surface area contributed by atoms with Crippen LogP contribution in [0.15, 0.2) is 35.8 Å². The minimum atomic E-state index is -0.341. The predicted octanol–water partition coefficient (Wildman–Crippen LogP) is 2.63. The summed E-state index contributed by atoms with van der Waals surface area (Å²) in [7, 11) is 1.66. The van der Waals surface area contributed by atoms with Gasteiger partial charge in [0.2, 0.25) is 5.82 Å². The van der Waals surface area contributed by atoms with Crippen LogP contribution in [0.5, 0.6) is 5.75 Å². The quantitative estimate of drug-likeness (QED) is 0.505. The second-order valence-corrected chi connectivity index (χ2v) is 7.06. The summed E-state index contributed by atoms with van der Waals surface area (Å²) in [5.74, 6) is 1.39. The second kappa shape index (κ2) is 6.93. The molecule has 9 heteroatoms. The number of piperazine rings is 1. The first kappa shape index (κ1) is 16.8. The van der Waals surface area contributed by atoms with Crippen LogP contribution in [0.1, 0.15) is 5.56 Å². The fourth-order valence-electron chi connectivity index (χ4n) is 3.25. The van der Waals surface area contributed by atoms with Crippen molar-refractivity contribution < 1.29 is 9.66 Å². The van der Waals surface area contributed by atoms with E-state index in [0.29, 0.717) is 10.8 Å². The zero-order valence-corrected chi connectivity index (χ0v) is 15.2. The van der Waals surface area contributed by atoms with Gasteiger partial charge >= 0.3 is 5.82 Å². The lowest BCUT2D eigenvalue weighted by atomic mass is 10.2. The first-order valence-electron chi connectivity index (χ1n) is 8.36. The number of methoxy groups -OCH3 is 1. The van der Waals surface area contributed by atoms with E-state index in [1.54, 1.807) is 17.7 Å². The highest BCUT2D eigenvalue weighted by molar-refractivity contribution is 7.15. The Bertz CT molecular complexity index is 912. The largest absolute Gasteiger partial charge is 0.497 e. The number of anilines is 1. The molecule has 0 aliphatic carbocycles. The first-order chi connectivity index (χ1) is 12.7. The lowest BCUT2D eigenvalue weighted by molar-refractivity contribution is -0.389. The van der Waals surface area contributed by atoms with Gasteiger partial charge in [-0.1, -0.05) is 23.5 Å². The van der Waals surface area contributed by atoms with E-state index in [-0.39, 0.29) is 10.7 Å². The van der Waals surface area contributed by atoms with Gasteiger partial charge in [0.05, 0.1) is 7.11 Å². The van der Waals surface area contributed by atoms with Crippen molar-refractivity contribution in [2.75, 3.05) is 38.2 Å². The van der Waals surface area contributed by atoms with Gasteiger partial charge in [0.25, 0.3) is 4.96 Å². The molecule has 1 aromatic carbocycles. The highest BCUT2D eigenvalue weighted by Gasteiger charge is 2.30. The average molecular weight is 373 g/mol. The van der Waals surface area contributed by atoms with Crippen LogP contribution in [-0.4, -0.2) is 52.5 Å². The molecular weight excluding hydrogens is 354 g/mol. The van der Waals surface area contributed by atoms with Crippen LogP contribution in [0, 0.1) is 10.1 Å². The summed E-state index contributed by atoms with van der Waals surface area (Å²) in [4.78, 5) is 20.7. The maximum absolute atomic E-state index is 11.5. The molecule has 1 aliphatic rings. The van der Waals surface area contributed by atoms with E-state index in [0.717, 1.165) is 38.5 Å². The number of ether oxygens (including phenoxy) is 1. The molecule has 0 N–H and O–H groups in total. The molecule has 3 aromatic rings. The molecule has 0 saturated carbocycles. The molecule has 0 spiro atoms. The highest BCUT2D eigenvalue weighted by atomic mass is 32.1. The Balaban J connectivity index is 1.44. The van der Waals surface area contributed by atoms with E-state index < -0.39 is 0 Å². The third-order valence-electron chi connectivity index (χ3n) is 4.63. The molecule has 1 saturated heterocycles. The van der Waals surface area contributed by atoms with Crippen LogP contribution < -0.4 is 9.64 Å². The number of imidazole rings is 1. The van der Waals surface area contributed by atoms with Gasteiger partial charge in [-0.05, 0) is 22.6 Å². The lowest BCUT2D eigenvalue weighted by Crippen LogP contribution is -2.46. The molecule has 1 aliphatic heterocycles. The summed E-state index contributed by atoms with van der Waals surface area (Å²) in [6.45, 7) is 3.99. The summed E-state index contributed by atoms with van der Waals surface area (Å²) in [5, 5.41) is 13.3. The summed E-state index contributed by atoms with van der Waals surface area (Å²) in [6.07, 6.45) is 1.70. The summed E-state index contributed by atoms with van der Waals surface area (Å²) >= 11 is 1.41. The third kappa shape index (κ3) is 3.11. The van der Waals surface area contributed by atoms with Crippen molar-refractivity contribution in [2.24, 2.45) is 0 Å². The number of aromatic nitrogens is 2. The molecule has 0 radical (unpaired) electrons. The molecule has 26 heavy (non-hydrogen) atoms. The predicted molar refractivity (Wildman–Crippen MR) is 100 cm³/mol. The SMILES string of the molecule is COc1ccc(CN2CCN(c3nc4sccn4c3[N+](=O)[O-])CC2)cc1. The van der Waals surface area contributed by atoms with E-state index in [4.69, 9.17) is 4.74 Å². The van der Waals surface area contributed by atoms with E-state index in [1.165, 1.54) is 16.9 Å². The summed E-state index contributed by atoms with van der Waals surface area (Å²) < 4.78 is 6.75. The zero-order valence-electron chi connectivity index (χ0n) is 14.4. The molecule has 0 atom stereocenters. The fraction of sp³-hybridized carbons (Fsp3) is 0.353. The molecule has 4 rings (SSSR count). The molecular formula is C17H19N5O3S. The monoisotopic (exact) mass is 373 g/mol. The number of hydrogen-bond acceptors (Lipinski definition) is 7. The van der Waals surface area contributed by atoms with Gasteiger partial charge in [0.1, 0.15) is 11.9 Å². The smallest absolute Gasteiger partial charge is 0.373 e. The number of hydrogen-bond donors (Lipinski definition) is 0. The summed E-state index contributed by atoms with van der Waals surface area (Å²) in [5.41, 5.74) is 1.23. The molecule has 2 aromatic heterocycles. The van der Waals surface area contributed by atoms with Crippen LogP contribution >= 0.6 is 11.3 Å². The van der Waals surface area contributed by atoms with Crippen LogP contribution in [0.3, 0.4) is 0 Å². The number of nitro groups is 1. The molecule has 136 valence electrons. The van der Waals surface area contributed by atoms with Crippen molar-refractivity contribution in [2.45, 2.75) is 6.54 Å². The van der Waals surface area contributed by atoms with Gasteiger partial charge in [-0.15, -0.1) is 0 Å². The Morgan fingerprint density at radius 3 is 2.62 bits per heavy atom. The number of benzene rings is 1. The standard InChI is InChI=1S/C17H19N5O3S/c1-25-14-4-2-13(3-5-14)12-19-6-8-20(9-7-19)15-16(22(23)24)21-10-11-26-17(21)18-15/h2-5,10-11H,6-9,12H2,1H3. The number of nitrogens with zero attached hydrogens (tertiary/aromatic N) is 5.